The Morgan fingerprint density at radius 2 is 1.95 bits per heavy atom. The number of β-amino-alcohol motifs (C(OH)–C–C–N with tert-alkyl or cyclic N) is 1. The Kier molecular flexibility index (Phi) is 5.94. The Bertz CT molecular complexity index is 1610. The molecule has 3 aromatic heterocycles. The molecular weight excluding hydrogens is 490 g/mol. The Balaban J connectivity index is 1.57. The van der Waals surface area contributed by atoms with Crippen molar-refractivity contribution >= 4 is 28.2 Å². The van der Waals surface area contributed by atoms with E-state index < -0.39 is 12.5 Å². The SMILES string of the molecule is Cc1cc2c(N3CCCc4cc(-c5cnn(C)c5)c(C(F)F)cc43)nc(N3CC[C@H](O)C3)cc2n(C)c1=O. The van der Waals surface area contributed by atoms with Gasteiger partial charge in [-0.2, -0.15) is 5.10 Å². The van der Waals surface area contributed by atoms with Crippen LogP contribution >= 0.6 is 0 Å². The summed E-state index contributed by atoms with van der Waals surface area (Å²) in [5.74, 6) is 1.30. The molecule has 0 spiro atoms. The van der Waals surface area contributed by atoms with Crippen LogP contribution < -0.4 is 15.4 Å². The van der Waals surface area contributed by atoms with E-state index in [1.165, 1.54) is 0 Å². The summed E-state index contributed by atoms with van der Waals surface area (Å²) in [6.07, 6.45) is 2.49. The molecule has 8 nitrogen and oxygen atoms in total. The van der Waals surface area contributed by atoms with E-state index in [4.69, 9.17) is 4.98 Å². The van der Waals surface area contributed by atoms with Gasteiger partial charge in [-0.15, -0.1) is 0 Å². The number of hydrogen-bond acceptors (Lipinski definition) is 6. The molecule has 6 rings (SSSR count). The van der Waals surface area contributed by atoms with Crippen molar-refractivity contribution in [2.45, 2.75) is 38.7 Å². The monoisotopic (exact) mass is 520 g/mol. The summed E-state index contributed by atoms with van der Waals surface area (Å²) in [7, 11) is 3.51. The number of anilines is 3. The molecule has 2 aliphatic rings. The summed E-state index contributed by atoms with van der Waals surface area (Å²) >= 11 is 0. The minimum Gasteiger partial charge on any atom is -0.391 e. The van der Waals surface area contributed by atoms with E-state index in [-0.39, 0.29) is 11.1 Å². The third kappa shape index (κ3) is 4.03. The van der Waals surface area contributed by atoms with E-state index in [0.717, 1.165) is 29.3 Å². The van der Waals surface area contributed by atoms with Crippen LogP contribution in [0, 0.1) is 6.92 Å². The topological polar surface area (TPSA) is 79.4 Å². The Labute approximate surface area is 218 Å². The van der Waals surface area contributed by atoms with E-state index in [1.807, 2.05) is 28.0 Å². The van der Waals surface area contributed by atoms with Crippen molar-refractivity contribution in [3.8, 4) is 11.1 Å². The fourth-order valence-corrected chi connectivity index (χ4v) is 5.76. The molecule has 198 valence electrons. The molecule has 0 saturated carbocycles. The summed E-state index contributed by atoms with van der Waals surface area (Å²) in [4.78, 5) is 21.9. The highest BCUT2D eigenvalue weighted by atomic mass is 19.3. The average molecular weight is 521 g/mol. The van der Waals surface area contributed by atoms with Gasteiger partial charge in [-0.3, -0.25) is 9.48 Å². The second-order valence-corrected chi connectivity index (χ2v) is 10.3. The molecule has 1 fully saturated rings. The van der Waals surface area contributed by atoms with Gasteiger partial charge in [0.25, 0.3) is 12.0 Å². The van der Waals surface area contributed by atoms with Gasteiger partial charge in [0.15, 0.2) is 0 Å². The Morgan fingerprint density at radius 3 is 2.63 bits per heavy atom. The predicted octanol–water partition coefficient (Wildman–Crippen LogP) is 4.24. The maximum atomic E-state index is 14.4. The molecule has 4 aromatic rings. The minimum atomic E-state index is -2.66. The Hall–Kier alpha value is -3.79. The van der Waals surface area contributed by atoms with Crippen LogP contribution in [-0.4, -0.2) is 50.2 Å². The van der Waals surface area contributed by atoms with Crippen molar-refractivity contribution in [1.29, 1.82) is 0 Å². The van der Waals surface area contributed by atoms with E-state index in [0.29, 0.717) is 60.1 Å². The molecule has 0 radical (unpaired) electrons. The summed E-state index contributed by atoms with van der Waals surface area (Å²) in [6.45, 7) is 3.49. The quantitative estimate of drug-likeness (QED) is 0.434. The van der Waals surface area contributed by atoms with Gasteiger partial charge in [-0.05, 0) is 55.5 Å². The maximum Gasteiger partial charge on any atom is 0.264 e. The molecular formula is C28H30F2N6O2. The zero-order valence-corrected chi connectivity index (χ0v) is 21.7. The summed E-state index contributed by atoms with van der Waals surface area (Å²) in [5.41, 5.74) is 3.99. The van der Waals surface area contributed by atoms with Crippen molar-refractivity contribution in [3.05, 3.63) is 63.7 Å². The highest BCUT2D eigenvalue weighted by molar-refractivity contribution is 5.95. The van der Waals surface area contributed by atoms with Gasteiger partial charge in [0.2, 0.25) is 0 Å². The lowest BCUT2D eigenvalue weighted by Crippen LogP contribution is -2.29. The second-order valence-electron chi connectivity index (χ2n) is 10.3. The molecule has 1 saturated heterocycles. The first kappa shape index (κ1) is 24.5. The van der Waals surface area contributed by atoms with Crippen LogP contribution in [0.25, 0.3) is 22.0 Å². The second kappa shape index (κ2) is 9.20. The van der Waals surface area contributed by atoms with Crippen LogP contribution in [0.2, 0.25) is 0 Å². The van der Waals surface area contributed by atoms with E-state index in [9.17, 15) is 18.7 Å². The molecule has 2 aliphatic heterocycles. The van der Waals surface area contributed by atoms with Gasteiger partial charge in [0, 0.05) is 73.8 Å². The smallest absolute Gasteiger partial charge is 0.264 e. The first-order chi connectivity index (χ1) is 18.2. The number of aliphatic hydroxyl groups excluding tert-OH is 1. The van der Waals surface area contributed by atoms with Crippen LogP contribution in [0.3, 0.4) is 0 Å². The fraction of sp³-hybridized carbons (Fsp3) is 0.393. The van der Waals surface area contributed by atoms with Crippen LogP contribution in [0.15, 0.2) is 41.5 Å². The molecule has 5 heterocycles. The third-order valence-corrected chi connectivity index (χ3v) is 7.73. The highest BCUT2D eigenvalue weighted by Crippen LogP contribution is 2.43. The summed E-state index contributed by atoms with van der Waals surface area (Å²) in [6, 6.07) is 7.19. The fourth-order valence-electron chi connectivity index (χ4n) is 5.76. The molecule has 10 heteroatoms. The third-order valence-electron chi connectivity index (χ3n) is 7.73. The molecule has 0 bridgehead atoms. The van der Waals surface area contributed by atoms with Crippen molar-refractivity contribution in [2.75, 3.05) is 29.4 Å². The number of aromatic nitrogens is 4. The van der Waals surface area contributed by atoms with Gasteiger partial charge in [-0.1, -0.05) is 0 Å². The van der Waals surface area contributed by atoms with Crippen LogP contribution in [-0.2, 0) is 20.5 Å². The number of pyridine rings is 2. The Morgan fingerprint density at radius 1 is 1.13 bits per heavy atom. The number of nitrogens with zero attached hydrogens (tertiary/aromatic N) is 6. The number of rotatable bonds is 4. The first-order valence-corrected chi connectivity index (χ1v) is 12.9. The molecule has 1 atom stereocenters. The minimum absolute atomic E-state index is 0.0460. The zero-order chi connectivity index (χ0) is 26.7. The largest absolute Gasteiger partial charge is 0.391 e. The van der Waals surface area contributed by atoms with Gasteiger partial charge >= 0.3 is 0 Å². The molecule has 38 heavy (non-hydrogen) atoms. The maximum absolute atomic E-state index is 14.4. The molecule has 1 N–H and O–H groups in total. The molecule has 0 aliphatic carbocycles. The zero-order valence-electron chi connectivity index (χ0n) is 21.7. The van der Waals surface area contributed by atoms with Crippen LogP contribution in [0.5, 0.6) is 0 Å². The lowest BCUT2D eigenvalue weighted by molar-refractivity contribution is 0.152. The lowest BCUT2D eigenvalue weighted by atomic mass is 9.93. The summed E-state index contributed by atoms with van der Waals surface area (Å²) in [5, 5.41) is 15.1. The number of benzene rings is 1. The number of hydrogen-bond donors (Lipinski definition) is 1. The van der Waals surface area contributed by atoms with Crippen molar-refractivity contribution in [1.82, 2.24) is 19.3 Å². The number of aryl methyl sites for hydroxylation is 4. The van der Waals surface area contributed by atoms with Gasteiger partial charge in [0.05, 0.1) is 17.8 Å². The van der Waals surface area contributed by atoms with E-state index in [2.05, 4.69) is 5.10 Å². The van der Waals surface area contributed by atoms with Crippen molar-refractivity contribution in [3.63, 3.8) is 0 Å². The van der Waals surface area contributed by atoms with Gasteiger partial charge in [0.1, 0.15) is 11.6 Å². The van der Waals surface area contributed by atoms with Gasteiger partial charge < -0.3 is 19.5 Å². The molecule has 0 unspecified atom stereocenters. The van der Waals surface area contributed by atoms with Crippen molar-refractivity contribution < 1.29 is 13.9 Å². The molecule has 1 aromatic carbocycles. The first-order valence-electron chi connectivity index (χ1n) is 12.9. The highest BCUT2D eigenvalue weighted by Gasteiger charge is 2.29. The lowest BCUT2D eigenvalue weighted by Gasteiger charge is -2.33. The van der Waals surface area contributed by atoms with Crippen molar-refractivity contribution in [2.24, 2.45) is 14.1 Å². The van der Waals surface area contributed by atoms with E-state index in [1.54, 1.807) is 48.7 Å². The predicted molar refractivity (Wildman–Crippen MR) is 143 cm³/mol. The van der Waals surface area contributed by atoms with Gasteiger partial charge in [-0.25, -0.2) is 13.8 Å². The standard InChI is InChI=1S/C28H30F2N6O2/c1-16-9-22-24(34(3)28(16)38)12-25(35-8-6-19(37)15-35)32-27(22)36-7-4-5-17-10-20(18-13-31-33(2)14-18)21(26(29)30)11-23(17)36/h9-14,19,26,37H,4-8,15H2,1-3H3/t19-/m0/s1. The molecule has 0 amide bonds. The average Bonchev–Trinajstić information content (AvgIpc) is 3.54. The number of alkyl halides is 2. The number of fused-ring (bicyclic) bond motifs is 2. The number of aliphatic hydroxyl groups is 1. The summed E-state index contributed by atoms with van der Waals surface area (Å²) < 4.78 is 32.0. The van der Waals surface area contributed by atoms with E-state index >= 15 is 0 Å². The normalized spacial score (nSPS) is 17.6. The number of halogens is 2. The van der Waals surface area contributed by atoms with Crippen LogP contribution in [0.1, 0.15) is 36.0 Å². The van der Waals surface area contributed by atoms with Crippen LogP contribution in [0.4, 0.5) is 26.1 Å².